The molecule has 0 fully saturated rings. The molecule has 0 saturated carbocycles. The molecule has 2 aliphatic heterocycles. The van der Waals surface area contributed by atoms with Crippen LogP contribution in [-0.4, -0.2) is 40.5 Å². The smallest absolute Gasteiger partial charge is 0.869 e. The third kappa shape index (κ3) is 10.2. The molecule has 0 spiro atoms. The second kappa shape index (κ2) is 16.9. The Bertz CT molecular complexity index is 1720. The van der Waals surface area contributed by atoms with Crippen LogP contribution < -0.4 is 15.1 Å². The van der Waals surface area contributed by atoms with E-state index in [9.17, 15) is 36.2 Å². The van der Waals surface area contributed by atoms with Gasteiger partial charge in [-0.3, -0.25) is 24.7 Å². The molecule has 0 N–H and O–H groups in total. The molecule has 6 rings (SSSR count). The summed E-state index contributed by atoms with van der Waals surface area (Å²) in [6.45, 7) is 0. The van der Waals surface area contributed by atoms with Gasteiger partial charge in [0.15, 0.2) is 0 Å². The van der Waals surface area contributed by atoms with Crippen molar-refractivity contribution < 1.29 is 53.0 Å². The fourth-order valence-corrected chi connectivity index (χ4v) is 3.97. The second-order valence-electron chi connectivity index (χ2n) is 9.18. The molecule has 6 heterocycles. The summed E-state index contributed by atoms with van der Waals surface area (Å²) in [5.41, 5.74) is 8.01. The van der Waals surface area contributed by atoms with Gasteiger partial charge in [0, 0.05) is 37.2 Å². The van der Waals surface area contributed by atoms with Gasteiger partial charge in [-0.2, -0.15) is 38.7 Å². The molecule has 0 unspecified atom stereocenters. The molecule has 0 bridgehead atoms. The van der Waals surface area contributed by atoms with Crippen molar-refractivity contribution in [1.29, 1.82) is 0 Å². The average Bonchev–Trinajstić information content (AvgIpc) is 3.88. The zero-order valence-corrected chi connectivity index (χ0v) is 25.3. The molecule has 4 aromatic heterocycles. The van der Waals surface area contributed by atoms with Crippen LogP contribution in [0.5, 0.6) is 0 Å². The Balaban J connectivity index is 0.000000196. The number of halogens is 6. The Labute approximate surface area is 280 Å². The maximum Gasteiger partial charge on any atom is 3.00 e. The van der Waals surface area contributed by atoms with Gasteiger partial charge in [-0.25, -0.2) is 0 Å². The van der Waals surface area contributed by atoms with Crippen LogP contribution in [0.2, 0.25) is 0 Å². The van der Waals surface area contributed by atoms with Gasteiger partial charge in [0.05, 0.1) is 11.4 Å². The molecule has 48 heavy (non-hydrogen) atoms. The topological polar surface area (TPSA) is 119 Å². The van der Waals surface area contributed by atoms with Crippen molar-refractivity contribution >= 4 is 29.4 Å². The quantitative estimate of drug-likeness (QED) is 0.147. The minimum atomic E-state index is -5.46. The number of ketones is 1. The van der Waals surface area contributed by atoms with Crippen molar-refractivity contribution in [2.24, 2.45) is 9.98 Å². The average molecular weight is 706 g/mol. The summed E-state index contributed by atoms with van der Waals surface area (Å²) in [7, 11) is 0. The van der Waals surface area contributed by atoms with Gasteiger partial charge in [0.2, 0.25) is 0 Å². The number of pyridine rings is 2. The Kier molecular flexibility index (Phi) is 13.0. The van der Waals surface area contributed by atoms with Crippen LogP contribution in [0, 0.1) is 0 Å². The van der Waals surface area contributed by atoms with Crippen LogP contribution in [0.1, 0.15) is 22.5 Å². The second-order valence-corrected chi connectivity index (χ2v) is 9.18. The predicted molar refractivity (Wildman–Crippen MR) is 161 cm³/mol. The van der Waals surface area contributed by atoms with E-state index in [0.29, 0.717) is 0 Å². The molecule has 8 nitrogen and oxygen atoms in total. The summed E-state index contributed by atoms with van der Waals surface area (Å²) in [5, 5.41) is 9.82. The molecule has 2 aliphatic rings. The van der Waals surface area contributed by atoms with E-state index in [2.05, 4.69) is 29.9 Å². The Morgan fingerprint density at radius 1 is 0.667 bits per heavy atom. The summed E-state index contributed by atoms with van der Waals surface area (Å²) < 4.78 is 67.8. The van der Waals surface area contributed by atoms with Crippen molar-refractivity contribution in [3.8, 4) is 0 Å². The third-order valence-electron chi connectivity index (χ3n) is 6.00. The van der Waals surface area contributed by atoms with Crippen LogP contribution in [0.25, 0.3) is 11.1 Å². The molecular weight excluding hydrogens is 685 g/mol. The first-order valence-corrected chi connectivity index (χ1v) is 13.4. The minimum absolute atomic E-state index is 0. The summed E-state index contributed by atoms with van der Waals surface area (Å²) in [4.78, 5) is 35.3. The Morgan fingerprint density at radius 3 is 1.38 bits per heavy atom. The molecule has 15 heteroatoms. The van der Waals surface area contributed by atoms with Crippen molar-refractivity contribution in [2.45, 2.75) is 12.4 Å². The monoisotopic (exact) mass is 706 g/mol. The van der Waals surface area contributed by atoms with Crippen molar-refractivity contribution in [1.82, 2.24) is 19.9 Å². The van der Waals surface area contributed by atoms with Crippen LogP contribution in [-0.2, 0) is 21.6 Å². The van der Waals surface area contributed by atoms with E-state index in [0.717, 1.165) is 45.1 Å². The van der Waals surface area contributed by atoms with Gasteiger partial charge < -0.3 is 15.1 Å². The molecule has 0 atom stereocenters. The van der Waals surface area contributed by atoms with Gasteiger partial charge in [0.25, 0.3) is 5.78 Å². The van der Waals surface area contributed by atoms with Crippen molar-refractivity contribution in [3.63, 3.8) is 0 Å². The van der Waals surface area contributed by atoms with E-state index < -0.39 is 30.0 Å². The molecule has 0 aromatic carbocycles. The first-order valence-electron chi connectivity index (χ1n) is 13.4. The summed E-state index contributed by atoms with van der Waals surface area (Å²) in [5.74, 6) is -5.65. The van der Waals surface area contributed by atoms with E-state index in [-0.39, 0.29) is 16.8 Å². The van der Waals surface area contributed by atoms with E-state index in [4.69, 9.17) is 0 Å². The Morgan fingerprint density at radius 2 is 1.08 bits per heavy atom. The first-order chi connectivity index (χ1) is 22.4. The number of allylic oxidation sites excluding steroid dienone is 6. The van der Waals surface area contributed by atoms with Crippen LogP contribution in [0.3, 0.4) is 0 Å². The van der Waals surface area contributed by atoms with Gasteiger partial charge in [-0.05, 0) is 82.7 Å². The number of hydrogen-bond donors (Lipinski definition) is 0. The van der Waals surface area contributed by atoms with Crippen molar-refractivity contribution in [3.05, 3.63) is 156 Å². The fraction of sp³-hybridized carbons (Fsp3) is 0.0606. The molecule has 246 valence electrons. The Hall–Kier alpha value is -5.54. The molecular formula is C33H21CoF6N6O2. The van der Waals surface area contributed by atoms with E-state index in [1.54, 1.807) is 49.6 Å². The number of alkyl halides is 6. The number of aromatic nitrogens is 4. The number of carbonyl (C=O) groups excluding carboxylic acids is 1. The molecule has 0 saturated heterocycles. The van der Waals surface area contributed by atoms with Crippen LogP contribution >= 0.6 is 0 Å². The van der Waals surface area contributed by atoms with Crippen LogP contribution in [0.4, 0.5) is 26.3 Å². The molecule has 0 radical (unpaired) electrons. The molecule has 0 aliphatic carbocycles. The van der Waals surface area contributed by atoms with E-state index in [1.807, 2.05) is 72.8 Å². The zero-order valence-electron chi connectivity index (χ0n) is 24.2. The largest absolute Gasteiger partial charge is 3.00 e. The first kappa shape index (κ1) is 36.9. The van der Waals surface area contributed by atoms with Gasteiger partial charge in [-0.15, -0.1) is 11.4 Å². The number of nitrogens with zero attached hydrogens (tertiary/aromatic N) is 6. The number of carbonyl (C=O) groups is 1. The number of rotatable bonds is 5. The summed E-state index contributed by atoms with van der Waals surface area (Å²) in [6.07, 6.45) is 10.2. The maximum atomic E-state index is 11.3. The van der Waals surface area contributed by atoms with E-state index in [1.165, 1.54) is 0 Å². The van der Waals surface area contributed by atoms with E-state index >= 15 is 0 Å². The minimum Gasteiger partial charge on any atom is -0.869 e. The third-order valence-corrected chi connectivity index (χ3v) is 6.00. The molecule has 4 aromatic rings. The molecule has 0 amide bonds. The normalized spacial score (nSPS) is 15.6. The number of aliphatic imine (C=N–C) groups is 2. The van der Waals surface area contributed by atoms with Gasteiger partial charge in [0.1, 0.15) is 0 Å². The zero-order chi connectivity index (χ0) is 33.9. The maximum absolute atomic E-state index is 11.3. The summed E-state index contributed by atoms with van der Waals surface area (Å²) in [6, 6.07) is 15.7. The SMILES string of the molecule is C1=C/C(=C(\c2ccncc2)c2ccc[n-]2)N=C1.C1=C/C(=C(\c2ccncc2)c2ccc[n-]2)N=C1.O=C(/C=C(\[O-])C(F)(F)F)C(F)(F)F.[Co+3]. The summed E-state index contributed by atoms with van der Waals surface area (Å²) >= 11 is 0. The van der Waals surface area contributed by atoms with Crippen molar-refractivity contribution in [2.75, 3.05) is 0 Å². The van der Waals surface area contributed by atoms with Gasteiger partial charge >= 0.3 is 29.1 Å². The fourth-order valence-electron chi connectivity index (χ4n) is 3.97. The predicted octanol–water partition coefficient (Wildman–Crippen LogP) is 5.80. The van der Waals surface area contributed by atoms with Gasteiger partial charge in [-0.1, -0.05) is 24.3 Å². The van der Waals surface area contributed by atoms with Crippen LogP contribution in [0.15, 0.2) is 143 Å². The standard InChI is InChI=1S/2C14H10N3.C5H2F6O2.Co/c2*1-3-12(16-7-1)14(13-4-2-8-17-13)11-5-9-15-10-6-11;6-4(7,8)2(12)1-3(13)5(9,10)11;/h2*1-10H;1,12H;/q2*-1;;+3/p-1/b2*14-12-;2-1-;. The number of hydrogen-bond acceptors (Lipinski definition) is 6.